The van der Waals surface area contributed by atoms with Crippen LogP contribution < -0.4 is 10.2 Å². The molecule has 1 aromatic heterocycles. The van der Waals surface area contributed by atoms with E-state index >= 15 is 0 Å². The van der Waals surface area contributed by atoms with Crippen molar-refractivity contribution in [2.45, 2.75) is 20.4 Å². The highest BCUT2D eigenvalue weighted by Crippen LogP contribution is 2.22. The average molecular weight is 245 g/mol. The summed E-state index contributed by atoms with van der Waals surface area (Å²) in [5, 5.41) is 3.22. The number of aryl methyl sites for hydroxylation is 1. The highest BCUT2D eigenvalue weighted by atomic mass is 16.4. The Hall–Kier alpha value is -1.81. The molecule has 0 fully saturated rings. The van der Waals surface area contributed by atoms with Gasteiger partial charge in [0.15, 0.2) is 0 Å². The van der Waals surface area contributed by atoms with Crippen LogP contribution in [0.4, 0.5) is 11.7 Å². The van der Waals surface area contributed by atoms with Crippen LogP contribution in [-0.4, -0.2) is 18.6 Å². The molecule has 0 atom stereocenters. The molecule has 0 unspecified atom stereocenters. The van der Waals surface area contributed by atoms with Crippen molar-refractivity contribution in [3.8, 4) is 0 Å². The molecular weight excluding hydrogens is 226 g/mol. The van der Waals surface area contributed by atoms with Crippen molar-refractivity contribution in [3.63, 3.8) is 0 Å². The van der Waals surface area contributed by atoms with Gasteiger partial charge < -0.3 is 9.73 Å². The maximum absolute atomic E-state index is 5.48. The van der Waals surface area contributed by atoms with Gasteiger partial charge in [0.2, 0.25) is 0 Å². The summed E-state index contributed by atoms with van der Waals surface area (Å²) in [5.74, 6) is 0. The molecule has 0 aliphatic heterocycles. The van der Waals surface area contributed by atoms with Gasteiger partial charge in [-0.25, -0.2) is 0 Å². The highest BCUT2D eigenvalue weighted by molar-refractivity contribution is 5.55. The number of aromatic nitrogens is 1. The van der Waals surface area contributed by atoms with Gasteiger partial charge in [0.1, 0.15) is 6.26 Å². The molecule has 0 amide bonds. The summed E-state index contributed by atoms with van der Waals surface area (Å²) in [6, 6.07) is 8.89. The number of hydrogen-bond acceptors (Lipinski definition) is 4. The molecule has 0 aliphatic rings. The lowest BCUT2D eigenvalue weighted by molar-refractivity contribution is 0.558. The van der Waals surface area contributed by atoms with Gasteiger partial charge in [-0.3, -0.25) is 4.90 Å². The molecule has 4 heteroatoms. The summed E-state index contributed by atoms with van der Waals surface area (Å²) in [5.41, 5.74) is 3.23. The maximum atomic E-state index is 5.48. The molecular formula is C14H19N3O. The maximum Gasteiger partial charge on any atom is 0.301 e. The van der Waals surface area contributed by atoms with E-state index in [1.165, 1.54) is 5.56 Å². The van der Waals surface area contributed by atoms with Gasteiger partial charge >= 0.3 is 6.01 Å². The molecule has 0 bridgehead atoms. The lowest BCUT2D eigenvalue weighted by Crippen LogP contribution is -2.13. The first-order valence-corrected chi connectivity index (χ1v) is 6.16. The number of nitrogens with zero attached hydrogens (tertiary/aromatic N) is 2. The number of rotatable bonds is 5. The molecule has 0 aliphatic carbocycles. The first-order chi connectivity index (χ1) is 8.70. The van der Waals surface area contributed by atoms with Crippen molar-refractivity contribution in [3.05, 3.63) is 41.8 Å². The molecule has 4 nitrogen and oxygen atoms in total. The van der Waals surface area contributed by atoms with Crippen LogP contribution >= 0.6 is 0 Å². The van der Waals surface area contributed by atoms with Gasteiger partial charge in [0.05, 0.1) is 5.69 Å². The second-order valence-electron chi connectivity index (χ2n) is 4.30. The van der Waals surface area contributed by atoms with Gasteiger partial charge in [0, 0.05) is 19.3 Å². The number of hydrogen-bond donors (Lipinski definition) is 1. The Morgan fingerprint density at radius 2 is 2.00 bits per heavy atom. The molecule has 96 valence electrons. The van der Waals surface area contributed by atoms with Crippen LogP contribution in [0, 0.1) is 6.92 Å². The predicted octanol–water partition coefficient (Wildman–Crippen LogP) is 2.86. The Kier molecular flexibility index (Phi) is 3.99. The summed E-state index contributed by atoms with van der Waals surface area (Å²) >= 11 is 0. The molecule has 1 aromatic carbocycles. The Morgan fingerprint density at radius 1 is 1.28 bits per heavy atom. The first-order valence-electron chi connectivity index (χ1n) is 6.16. The van der Waals surface area contributed by atoms with Crippen molar-refractivity contribution < 1.29 is 4.42 Å². The number of oxazole rings is 1. The van der Waals surface area contributed by atoms with Crippen LogP contribution in [0.15, 0.2) is 34.9 Å². The molecule has 0 radical (unpaired) electrons. The molecule has 2 aromatic rings. The molecule has 0 saturated carbocycles. The van der Waals surface area contributed by atoms with Crippen molar-refractivity contribution in [2.75, 3.05) is 18.5 Å². The van der Waals surface area contributed by atoms with Gasteiger partial charge in [0.25, 0.3) is 0 Å². The Bertz CT molecular complexity index is 490. The number of anilines is 2. The topological polar surface area (TPSA) is 41.3 Å². The van der Waals surface area contributed by atoms with Gasteiger partial charge in [-0.05, 0) is 25.6 Å². The minimum absolute atomic E-state index is 0.617. The van der Waals surface area contributed by atoms with Crippen molar-refractivity contribution >= 4 is 11.7 Å². The number of benzene rings is 1. The van der Waals surface area contributed by atoms with Crippen molar-refractivity contribution in [2.24, 2.45) is 0 Å². The molecule has 18 heavy (non-hydrogen) atoms. The van der Waals surface area contributed by atoms with E-state index in [2.05, 4.69) is 48.4 Å². The van der Waals surface area contributed by atoms with E-state index in [1.807, 2.05) is 11.9 Å². The third-order valence-corrected chi connectivity index (χ3v) is 2.80. The van der Waals surface area contributed by atoms with Gasteiger partial charge in [-0.15, -0.1) is 0 Å². The summed E-state index contributed by atoms with van der Waals surface area (Å²) in [4.78, 5) is 6.38. The van der Waals surface area contributed by atoms with E-state index in [0.29, 0.717) is 6.01 Å². The summed E-state index contributed by atoms with van der Waals surface area (Å²) < 4.78 is 5.48. The van der Waals surface area contributed by atoms with Crippen LogP contribution in [-0.2, 0) is 6.54 Å². The Balaban J connectivity index is 2.10. The SMILES string of the molecule is CCNCc1coc(N(C)c2ccc(C)cc2)n1. The minimum atomic E-state index is 0.617. The molecule has 1 N–H and O–H groups in total. The molecule has 0 spiro atoms. The minimum Gasteiger partial charge on any atom is -0.431 e. The van der Waals surface area contributed by atoms with Crippen LogP contribution in [0.25, 0.3) is 0 Å². The van der Waals surface area contributed by atoms with Gasteiger partial charge in [-0.1, -0.05) is 24.6 Å². The fraction of sp³-hybridized carbons (Fsp3) is 0.357. The molecule has 2 rings (SSSR count). The van der Waals surface area contributed by atoms with E-state index < -0.39 is 0 Å². The van der Waals surface area contributed by atoms with E-state index in [9.17, 15) is 0 Å². The predicted molar refractivity (Wildman–Crippen MR) is 73.1 cm³/mol. The smallest absolute Gasteiger partial charge is 0.301 e. The Labute approximate surface area is 108 Å². The van der Waals surface area contributed by atoms with E-state index in [4.69, 9.17) is 4.42 Å². The zero-order valence-electron chi connectivity index (χ0n) is 11.1. The third kappa shape index (κ3) is 2.90. The van der Waals surface area contributed by atoms with Crippen molar-refractivity contribution in [1.29, 1.82) is 0 Å². The van der Waals surface area contributed by atoms with Gasteiger partial charge in [-0.2, -0.15) is 4.98 Å². The zero-order valence-corrected chi connectivity index (χ0v) is 11.1. The lowest BCUT2D eigenvalue weighted by atomic mass is 10.2. The second-order valence-corrected chi connectivity index (χ2v) is 4.30. The largest absolute Gasteiger partial charge is 0.431 e. The van der Waals surface area contributed by atoms with Crippen molar-refractivity contribution in [1.82, 2.24) is 10.3 Å². The lowest BCUT2D eigenvalue weighted by Gasteiger charge is -2.14. The fourth-order valence-electron chi connectivity index (χ4n) is 1.66. The zero-order chi connectivity index (χ0) is 13.0. The highest BCUT2D eigenvalue weighted by Gasteiger charge is 2.10. The monoisotopic (exact) mass is 245 g/mol. The fourth-order valence-corrected chi connectivity index (χ4v) is 1.66. The van der Waals surface area contributed by atoms with Crippen LogP contribution in [0.2, 0.25) is 0 Å². The van der Waals surface area contributed by atoms with Crippen LogP contribution in [0.1, 0.15) is 18.2 Å². The summed E-state index contributed by atoms with van der Waals surface area (Å²) in [6.07, 6.45) is 1.70. The Morgan fingerprint density at radius 3 is 2.67 bits per heavy atom. The summed E-state index contributed by atoms with van der Waals surface area (Å²) in [7, 11) is 1.95. The second kappa shape index (κ2) is 5.69. The number of nitrogens with one attached hydrogen (secondary N) is 1. The first kappa shape index (κ1) is 12.6. The average Bonchev–Trinajstić information content (AvgIpc) is 2.85. The van der Waals surface area contributed by atoms with E-state index in [0.717, 1.165) is 24.5 Å². The molecule has 1 heterocycles. The van der Waals surface area contributed by atoms with Crippen LogP contribution in [0.5, 0.6) is 0 Å². The van der Waals surface area contributed by atoms with Crippen LogP contribution in [0.3, 0.4) is 0 Å². The third-order valence-electron chi connectivity index (χ3n) is 2.80. The van der Waals surface area contributed by atoms with E-state index in [1.54, 1.807) is 6.26 Å². The molecule has 0 saturated heterocycles. The quantitative estimate of drug-likeness (QED) is 0.879. The van der Waals surface area contributed by atoms with E-state index in [-0.39, 0.29) is 0 Å². The standard InChI is InChI=1S/C14H19N3O/c1-4-15-9-12-10-18-14(16-12)17(3)13-7-5-11(2)6-8-13/h5-8,10,15H,4,9H2,1-3H3. The summed E-state index contributed by atoms with van der Waals surface area (Å²) in [6.45, 7) is 5.81. The normalized spacial score (nSPS) is 10.6.